The van der Waals surface area contributed by atoms with E-state index < -0.39 is 0 Å². The van der Waals surface area contributed by atoms with Gasteiger partial charge in [-0.05, 0) is 49.7 Å². The van der Waals surface area contributed by atoms with Crippen molar-refractivity contribution in [1.29, 1.82) is 0 Å². The second kappa shape index (κ2) is 5.47. The lowest BCUT2D eigenvalue weighted by molar-refractivity contribution is -0.114. The molecule has 1 heteroatoms. The molecule has 0 fully saturated rings. The zero-order valence-electron chi connectivity index (χ0n) is 11.1. The number of allylic oxidation sites excluding steroid dienone is 4. The van der Waals surface area contributed by atoms with Crippen molar-refractivity contribution in [2.45, 2.75) is 59.8 Å². The topological polar surface area (TPSA) is 17.1 Å². The van der Waals surface area contributed by atoms with Crippen LogP contribution in [0.2, 0.25) is 0 Å². The summed E-state index contributed by atoms with van der Waals surface area (Å²) in [5.41, 5.74) is 3.07. The minimum Gasteiger partial charge on any atom is -0.295 e. The van der Waals surface area contributed by atoms with Gasteiger partial charge in [0, 0.05) is 6.42 Å². The van der Waals surface area contributed by atoms with E-state index in [1.54, 1.807) is 6.08 Å². The Hall–Kier alpha value is -0.850. The quantitative estimate of drug-likeness (QED) is 0.640. The molecular formula is C15H24O. The van der Waals surface area contributed by atoms with E-state index in [0.29, 0.717) is 6.42 Å². The van der Waals surface area contributed by atoms with Crippen LogP contribution in [-0.2, 0) is 4.79 Å². The van der Waals surface area contributed by atoms with Crippen LogP contribution in [0.3, 0.4) is 0 Å². The highest BCUT2D eigenvalue weighted by Crippen LogP contribution is 2.40. The third-order valence-electron chi connectivity index (χ3n) is 3.47. The maximum atomic E-state index is 11.5. The predicted octanol–water partition coefficient (Wildman–Crippen LogP) is 4.44. The van der Waals surface area contributed by atoms with Crippen LogP contribution >= 0.6 is 0 Å². The SMILES string of the molecule is CCCC(=O)/C=C/C1=C(C)CCCC1(C)C. The van der Waals surface area contributed by atoms with E-state index in [1.165, 1.54) is 30.4 Å². The van der Waals surface area contributed by atoms with Gasteiger partial charge in [-0.15, -0.1) is 0 Å². The maximum Gasteiger partial charge on any atom is 0.155 e. The van der Waals surface area contributed by atoms with Gasteiger partial charge in [0.25, 0.3) is 0 Å². The van der Waals surface area contributed by atoms with Crippen molar-refractivity contribution in [3.05, 3.63) is 23.3 Å². The lowest BCUT2D eigenvalue weighted by Gasteiger charge is -2.32. The molecule has 0 heterocycles. The molecule has 0 saturated heterocycles. The van der Waals surface area contributed by atoms with E-state index in [2.05, 4.69) is 26.8 Å². The fourth-order valence-corrected chi connectivity index (χ4v) is 2.52. The number of hydrogen-bond donors (Lipinski definition) is 0. The fraction of sp³-hybridized carbons (Fsp3) is 0.667. The fourth-order valence-electron chi connectivity index (χ4n) is 2.52. The first-order valence-electron chi connectivity index (χ1n) is 6.38. The molecule has 0 aliphatic heterocycles. The van der Waals surface area contributed by atoms with Gasteiger partial charge < -0.3 is 0 Å². The molecule has 0 aromatic heterocycles. The van der Waals surface area contributed by atoms with Gasteiger partial charge >= 0.3 is 0 Å². The number of rotatable bonds is 4. The molecule has 0 saturated carbocycles. The summed E-state index contributed by atoms with van der Waals surface area (Å²) in [4.78, 5) is 11.5. The van der Waals surface area contributed by atoms with Crippen LogP contribution in [0, 0.1) is 5.41 Å². The van der Waals surface area contributed by atoms with E-state index in [-0.39, 0.29) is 11.2 Å². The lowest BCUT2D eigenvalue weighted by atomic mass is 9.72. The third-order valence-corrected chi connectivity index (χ3v) is 3.47. The van der Waals surface area contributed by atoms with E-state index in [4.69, 9.17) is 0 Å². The first-order valence-corrected chi connectivity index (χ1v) is 6.38. The smallest absolute Gasteiger partial charge is 0.155 e. The van der Waals surface area contributed by atoms with Gasteiger partial charge in [-0.25, -0.2) is 0 Å². The summed E-state index contributed by atoms with van der Waals surface area (Å²) in [6.45, 7) is 8.80. The average molecular weight is 220 g/mol. The highest BCUT2D eigenvalue weighted by molar-refractivity contribution is 5.90. The first kappa shape index (κ1) is 13.2. The summed E-state index contributed by atoms with van der Waals surface area (Å²) in [5.74, 6) is 0.254. The number of carbonyl (C=O) groups excluding carboxylic acids is 1. The molecule has 0 N–H and O–H groups in total. The van der Waals surface area contributed by atoms with Gasteiger partial charge in [-0.2, -0.15) is 0 Å². The van der Waals surface area contributed by atoms with Gasteiger partial charge in [0.2, 0.25) is 0 Å². The Morgan fingerprint density at radius 1 is 1.44 bits per heavy atom. The van der Waals surface area contributed by atoms with Crippen molar-refractivity contribution >= 4 is 5.78 Å². The Bertz CT molecular complexity index is 318. The second-order valence-corrected chi connectivity index (χ2v) is 5.48. The van der Waals surface area contributed by atoms with Crippen LogP contribution in [-0.4, -0.2) is 5.78 Å². The molecule has 16 heavy (non-hydrogen) atoms. The largest absolute Gasteiger partial charge is 0.295 e. The second-order valence-electron chi connectivity index (χ2n) is 5.48. The first-order chi connectivity index (χ1) is 7.47. The van der Waals surface area contributed by atoms with Crippen LogP contribution in [0.15, 0.2) is 23.3 Å². The summed E-state index contributed by atoms with van der Waals surface area (Å²) < 4.78 is 0. The zero-order valence-corrected chi connectivity index (χ0v) is 11.1. The summed E-state index contributed by atoms with van der Waals surface area (Å²) in [7, 11) is 0. The van der Waals surface area contributed by atoms with Crippen molar-refractivity contribution < 1.29 is 4.79 Å². The van der Waals surface area contributed by atoms with Crippen LogP contribution in [0.4, 0.5) is 0 Å². The van der Waals surface area contributed by atoms with E-state index in [1.807, 2.05) is 6.92 Å². The van der Waals surface area contributed by atoms with Crippen LogP contribution in [0.5, 0.6) is 0 Å². The van der Waals surface area contributed by atoms with Gasteiger partial charge in [-0.1, -0.05) is 32.4 Å². The predicted molar refractivity (Wildman–Crippen MR) is 69.4 cm³/mol. The monoisotopic (exact) mass is 220 g/mol. The van der Waals surface area contributed by atoms with Crippen LogP contribution in [0.25, 0.3) is 0 Å². The summed E-state index contributed by atoms with van der Waals surface area (Å²) in [6, 6.07) is 0. The minimum atomic E-state index is 0.241. The van der Waals surface area contributed by atoms with Crippen molar-refractivity contribution in [1.82, 2.24) is 0 Å². The standard InChI is InChI=1S/C15H24O/c1-5-7-13(16)9-10-14-12(2)8-6-11-15(14,3)4/h9-10H,5-8,11H2,1-4H3/b10-9+. The summed E-state index contributed by atoms with van der Waals surface area (Å²) in [6.07, 6.45) is 9.13. The molecule has 0 aromatic carbocycles. The van der Waals surface area contributed by atoms with Gasteiger partial charge in [0.05, 0.1) is 0 Å². The zero-order chi connectivity index (χ0) is 12.2. The molecule has 0 radical (unpaired) electrons. The highest BCUT2D eigenvalue weighted by Gasteiger charge is 2.26. The van der Waals surface area contributed by atoms with Crippen LogP contribution < -0.4 is 0 Å². The Kier molecular flexibility index (Phi) is 4.52. The molecule has 1 rings (SSSR count). The highest BCUT2D eigenvalue weighted by atomic mass is 16.1. The Labute approximate surface area is 99.6 Å². The number of ketones is 1. The van der Waals surface area contributed by atoms with E-state index >= 15 is 0 Å². The van der Waals surface area contributed by atoms with Gasteiger partial charge in [-0.3, -0.25) is 4.79 Å². The molecule has 0 atom stereocenters. The lowest BCUT2D eigenvalue weighted by Crippen LogP contribution is -2.19. The molecule has 90 valence electrons. The van der Waals surface area contributed by atoms with Crippen LogP contribution in [0.1, 0.15) is 59.8 Å². The average Bonchev–Trinajstić information content (AvgIpc) is 2.16. The number of carbonyl (C=O) groups is 1. The van der Waals surface area contributed by atoms with Crippen molar-refractivity contribution in [3.8, 4) is 0 Å². The Morgan fingerprint density at radius 3 is 2.69 bits per heavy atom. The van der Waals surface area contributed by atoms with E-state index in [9.17, 15) is 4.79 Å². The van der Waals surface area contributed by atoms with Crippen molar-refractivity contribution in [2.24, 2.45) is 5.41 Å². The summed E-state index contributed by atoms with van der Waals surface area (Å²) >= 11 is 0. The number of hydrogen-bond acceptors (Lipinski definition) is 1. The third kappa shape index (κ3) is 3.33. The maximum absolute atomic E-state index is 11.5. The molecule has 0 amide bonds. The Balaban J connectivity index is 2.81. The molecule has 1 nitrogen and oxygen atoms in total. The minimum absolute atomic E-state index is 0.241. The molecule has 0 spiro atoms. The van der Waals surface area contributed by atoms with E-state index in [0.717, 1.165) is 6.42 Å². The van der Waals surface area contributed by atoms with Gasteiger partial charge in [0.1, 0.15) is 0 Å². The van der Waals surface area contributed by atoms with Gasteiger partial charge in [0.15, 0.2) is 5.78 Å². The molecule has 0 unspecified atom stereocenters. The van der Waals surface area contributed by atoms with Crippen molar-refractivity contribution in [2.75, 3.05) is 0 Å². The van der Waals surface area contributed by atoms with Crippen molar-refractivity contribution in [3.63, 3.8) is 0 Å². The normalized spacial score (nSPS) is 20.5. The summed E-state index contributed by atoms with van der Waals surface area (Å²) in [5, 5.41) is 0. The molecule has 0 aromatic rings. The molecular weight excluding hydrogens is 196 g/mol. The molecule has 0 bridgehead atoms. The molecule has 1 aliphatic rings. The molecule has 1 aliphatic carbocycles. The Morgan fingerprint density at radius 2 is 2.12 bits per heavy atom.